The lowest BCUT2D eigenvalue weighted by Gasteiger charge is -2.37. The maximum absolute atomic E-state index is 6.83. The largest absolute Gasteiger partial charge is 0.476 e. The minimum Gasteiger partial charge on any atom is -0.476 e. The van der Waals surface area contributed by atoms with Crippen LogP contribution in [0.4, 0.5) is 0 Å². The van der Waals surface area contributed by atoms with Gasteiger partial charge in [-0.25, -0.2) is 9.36 Å². The van der Waals surface area contributed by atoms with Crippen LogP contribution in [0, 0.1) is 17.4 Å². The highest BCUT2D eigenvalue weighted by atomic mass is 127. The Morgan fingerprint density at radius 2 is 1.92 bits per heavy atom. The van der Waals surface area contributed by atoms with Gasteiger partial charge in [-0.2, -0.15) is 10.2 Å². The van der Waals surface area contributed by atoms with Crippen molar-refractivity contribution in [1.29, 1.82) is 0 Å². The van der Waals surface area contributed by atoms with Crippen LogP contribution in [0.1, 0.15) is 88.9 Å². The van der Waals surface area contributed by atoms with Gasteiger partial charge < -0.3 is 28.7 Å². The van der Waals surface area contributed by atoms with Gasteiger partial charge in [-0.05, 0) is 99.8 Å². The number of aryl methyl sites for hydroxylation is 3. The van der Waals surface area contributed by atoms with Gasteiger partial charge in [0.2, 0.25) is 11.8 Å². The Kier molecular flexibility index (Phi) is 12.1. The van der Waals surface area contributed by atoms with Crippen molar-refractivity contribution in [2.24, 2.45) is 7.05 Å². The highest BCUT2D eigenvalue weighted by Gasteiger charge is 2.38. The number of rotatable bonds is 14. The summed E-state index contributed by atoms with van der Waals surface area (Å²) < 4.78 is 38.4. The molecule has 2 fully saturated rings. The van der Waals surface area contributed by atoms with E-state index in [1.165, 1.54) is 0 Å². The second-order valence-corrected chi connectivity index (χ2v) is 21.7. The normalized spacial score (nSPS) is 20.3. The zero-order valence-electron chi connectivity index (χ0n) is 33.1. The van der Waals surface area contributed by atoms with Crippen LogP contribution in [0.3, 0.4) is 0 Å². The van der Waals surface area contributed by atoms with Crippen LogP contribution in [0.2, 0.25) is 18.1 Å². The summed E-state index contributed by atoms with van der Waals surface area (Å²) in [5, 5.41) is 19.5. The van der Waals surface area contributed by atoms with E-state index >= 15 is 0 Å². The first-order valence-corrected chi connectivity index (χ1v) is 22.8. The van der Waals surface area contributed by atoms with Crippen molar-refractivity contribution >= 4 is 47.9 Å². The molecule has 15 heteroatoms. The summed E-state index contributed by atoms with van der Waals surface area (Å²) >= 11 is 2.35. The summed E-state index contributed by atoms with van der Waals surface area (Å²) in [6.07, 6.45) is 4.54. The van der Waals surface area contributed by atoms with Gasteiger partial charge in [-0.1, -0.05) is 27.4 Å². The van der Waals surface area contributed by atoms with Crippen LogP contribution >= 0.6 is 22.6 Å². The molecule has 6 rings (SSSR count). The van der Waals surface area contributed by atoms with E-state index in [9.17, 15) is 0 Å². The Morgan fingerprint density at radius 1 is 1.15 bits per heavy atom. The lowest BCUT2D eigenvalue weighted by molar-refractivity contribution is -0.0368. The second kappa shape index (κ2) is 16.1. The summed E-state index contributed by atoms with van der Waals surface area (Å²) in [6, 6.07) is 2.02. The van der Waals surface area contributed by atoms with Gasteiger partial charge in [-0.15, -0.1) is 5.10 Å². The number of hydrogen-bond donors (Lipinski definition) is 1. The number of ether oxygens (including phenoxy) is 4. The Bertz CT molecular complexity index is 1930. The zero-order chi connectivity index (χ0) is 38.2. The van der Waals surface area contributed by atoms with E-state index in [4.69, 9.17) is 43.7 Å². The highest BCUT2D eigenvalue weighted by molar-refractivity contribution is 14.1. The van der Waals surface area contributed by atoms with Crippen LogP contribution in [0.15, 0.2) is 12.6 Å². The van der Waals surface area contributed by atoms with Crippen LogP contribution < -0.4 is 14.8 Å². The Labute approximate surface area is 328 Å². The van der Waals surface area contributed by atoms with Gasteiger partial charge >= 0.3 is 0 Å². The standard InChI is InChI=1S/C38H57IN8O5Si/c1-12-27-26-18-28(41-25(5)35(26)47(43-27)32-16-14-15-17-50-32)33-24(4)42-45(9)37(33)52-31-22-48-21-29(31)40-19-30-34(39)36(49-13-2)44-46(30)23(3)20-51-53(10,11)38(6,7)8/h12,18,23,29,31-32,40H,1,13-17,19-22H2,2-11H3/t23-,29+,31-,32?/m0/s1. The fraction of sp³-hybridized carbons (Fsp3) is 0.632. The third kappa shape index (κ3) is 8.11. The number of aromatic nitrogens is 7. The number of nitrogens with one attached hydrogen (secondary N) is 1. The highest BCUT2D eigenvalue weighted by Crippen LogP contribution is 2.39. The fourth-order valence-electron chi connectivity index (χ4n) is 6.85. The van der Waals surface area contributed by atoms with E-state index in [0.717, 1.165) is 74.4 Å². The molecule has 53 heavy (non-hydrogen) atoms. The average molecular weight is 861 g/mol. The van der Waals surface area contributed by atoms with E-state index in [0.29, 0.717) is 44.7 Å². The summed E-state index contributed by atoms with van der Waals surface area (Å²) in [4.78, 5) is 5.11. The summed E-state index contributed by atoms with van der Waals surface area (Å²) in [6.45, 7) is 27.0. The van der Waals surface area contributed by atoms with Crippen LogP contribution in [-0.2, 0) is 27.5 Å². The van der Waals surface area contributed by atoms with Crippen molar-refractivity contribution in [3.63, 3.8) is 0 Å². The van der Waals surface area contributed by atoms with E-state index in [-0.39, 0.29) is 29.5 Å². The third-order valence-electron chi connectivity index (χ3n) is 10.9. The van der Waals surface area contributed by atoms with E-state index in [2.05, 4.69) is 86.0 Å². The van der Waals surface area contributed by atoms with Crippen molar-refractivity contribution in [3.05, 3.63) is 39.0 Å². The van der Waals surface area contributed by atoms with E-state index < -0.39 is 8.32 Å². The van der Waals surface area contributed by atoms with Gasteiger partial charge in [0.25, 0.3) is 0 Å². The summed E-state index contributed by atoms with van der Waals surface area (Å²) in [5.74, 6) is 1.29. The molecule has 0 radical (unpaired) electrons. The first kappa shape index (κ1) is 39.8. The van der Waals surface area contributed by atoms with Crippen molar-refractivity contribution in [3.8, 4) is 23.0 Å². The van der Waals surface area contributed by atoms with Crippen molar-refractivity contribution in [1.82, 2.24) is 39.6 Å². The van der Waals surface area contributed by atoms with E-state index in [1.54, 1.807) is 10.8 Å². The fourth-order valence-corrected chi connectivity index (χ4v) is 8.64. The second-order valence-electron chi connectivity index (χ2n) is 15.8. The monoisotopic (exact) mass is 860 g/mol. The van der Waals surface area contributed by atoms with Gasteiger partial charge in [0.1, 0.15) is 6.10 Å². The molecule has 4 aromatic rings. The van der Waals surface area contributed by atoms with Crippen molar-refractivity contribution in [2.45, 2.75) is 117 Å². The van der Waals surface area contributed by atoms with Gasteiger partial charge in [0, 0.05) is 25.6 Å². The molecule has 0 spiro atoms. The van der Waals surface area contributed by atoms with Crippen LogP contribution in [0.5, 0.6) is 11.8 Å². The molecule has 4 atom stereocenters. The quantitative estimate of drug-likeness (QED) is 0.101. The Hall–Kier alpha value is -2.83. The third-order valence-corrected chi connectivity index (χ3v) is 16.4. The topological polar surface area (TPSA) is 125 Å². The number of nitrogens with zero attached hydrogens (tertiary/aromatic N) is 7. The molecule has 1 unspecified atom stereocenters. The molecule has 0 aromatic carbocycles. The zero-order valence-corrected chi connectivity index (χ0v) is 36.2. The predicted molar refractivity (Wildman–Crippen MR) is 218 cm³/mol. The maximum atomic E-state index is 6.83. The number of hydrogen-bond acceptors (Lipinski definition) is 10. The van der Waals surface area contributed by atoms with Crippen molar-refractivity contribution < 1.29 is 23.4 Å². The van der Waals surface area contributed by atoms with E-state index in [1.807, 2.05) is 32.5 Å². The molecule has 6 heterocycles. The number of fused-ring (bicyclic) bond motifs is 1. The molecule has 290 valence electrons. The Morgan fingerprint density at radius 3 is 2.60 bits per heavy atom. The molecular weight excluding hydrogens is 803 g/mol. The predicted octanol–water partition coefficient (Wildman–Crippen LogP) is 7.51. The van der Waals surface area contributed by atoms with Crippen LogP contribution in [-0.4, -0.2) is 87.8 Å². The Balaban J connectivity index is 1.24. The first-order valence-electron chi connectivity index (χ1n) is 18.8. The smallest absolute Gasteiger partial charge is 0.246 e. The van der Waals surface area contributed by atoms with Crippen LogP contribution in [0.25, 0.3) is 28.2 Å². The summed E-state index contributed by atoms with van der Waals surface area (Å²) in [7, 11) is -0.0252. The first-order chi connectivity index (χ1) is 25.1. The molecule has 0 amide bonds. The molecule has 1 N–H and O–H groups in total. The molecule has 0 aliphatic carbocycles. The van der Waals surface area contributed by atoms with Gasteiger partial charge in [0.15, 0.2) is 14.5 Å². The molecule has 13 nitrogen and oxygen atoms in total. The molecule has 4 aromatic heterocycles. The lowest BCUT2D eigenvalue weighted by atomic mass is 10.1. The van der Waals surface area contributed by atoms with Gasteiger partial charge in [-0.3, -0.25) is 9.67 Å². The molecule has 2 aliphatic rings. The lowest BCUT2D eigenvalue weighted by Crippen LogP contribution is -2.43. The molecular formula is C38H57IN8O5Si. The minimum atomic E-state index is -1.93. The van der Waals surface area contributed by atoms with Crippen molar-refractivity contribution in [2.75, 3.05) is 33.0 Å². The number of pyridine rings is 1. The SMILES string of the molecule is C=Cc1nn(C2CCCCO2)c2c(C)nc(-c3c(C)nn(C)c3O[C@H]3COC[C@H]3NCc3c(I)c(OCC)nn3[C@@H](C)CO[Si](C)(C)C(C)(C)C)cc12. The molecule has 0 bridgehead atoms. The maximum Gasteiger partial charge on any atom is 0.246 e. The summed E-state index contributed by atoms with van der Waals surface area (Å²) in [5.41, 5.74) is 6.15. The minimum absolute atomic E-state index is 0.0210. The molecule has 0 saturated carbocycles. The number of halogens is 1. The molecule has 2 aliphatic heterocycles. The molecule has 2 saturated heterocycles. The average Bonchev–Trinajstić information content (AvgIpc) is 3.87. The van der Waals surface area contributed by atoms with Gasteiger partial charge in [0.05, 0.1) is 81.6 Å².